The number of hydrogen-bond donors (Lipinski definition) is 1. The summed E-state index contributed by atoms with van der Waals surface area (Å²) in [6.07, 6.45) is 2.40. The van der Waals surface area contributed by atoms with Gasteiger partial charge >= 0.3 is 0 Å². The fourth-order valence-corrected chi connectivity index (χ4v) is 2.58. The number of carbonyl (C=O) groups is 1. The van der Waals surface area contributed by atoms with Gasteiger partial charge in [-0.05, 0) is 38.8 Å². The molecule has 0 radical (unpaired) electrons. The van der Waals surface area contributed by atoms with Crippen molar-refractivity contribution in [2.75, 3.05) is 0 Å². The van der Waals surface area contributed by atoms with Crippen LogP contribution in [0, 0.1) is 13.8 Å². The van der Waals surface area contributed by atoms with E-state index in [1.54, 1.807) is 18.7 Å². The molecule has 0 saturated heterocycles. The van der Waals surface area contributed by atoms with Crippen LogP contribution < -0.4 is 10.9 Å². The first kappa shape index (κ1) is 16.9. The number of aromatic nitrogens is 4. The van der Waals surface area contributed by atoms with Gasteiger partial charge in [0, 0.05) is 19.3 Å². The van der Waals surface area contributed by atoms with Gasteiger partial charge in [-0.2, -0.15) is 5.10 Å². The van der Waals surface area contributed by atoms with E-state index < -0.39 is 0 Å². The summed E-state index contributed by atoms with van der Waals surface area (Å²) in [5.74, 6) is 0.295. The molecule has 0 aromatic carbocycles. The zero-order chi connectivity index (χ0) is 17.1. The van der Waals surface area contributed by atoms with Crippen molar-refractivity contribution in [3.8, 4) is 0 Å². The minimum atomic E-state index is -0.387. The van der Waals surface area contributed by atoms with E-state index in [9.17, 15) is 9.59 Å². The van der Waals surface area contributed by atoms with Crippen LogP contribution in [0.4, 0.5) is 0 Å². The molecular formula is C16H23N5O2. The van der Waals surface area contributed by atoms with Crippen molar-refractivity contribution in [1.29, 1.82) is 0 Å². The molecule has 0 aliphatic heterocycles. The third-order valence-electron chi connectivity index (χ3n) is 3.91. The molecule has 2 heterocycles. The Morgan fingerprint density at radius 1 is 1.39 bits per heavy atom. The largest absolute Gasteiger partial charge is 0.342 e. The van der Waals surface area contributed by atoms with E-state index in [1.165, 1.54) is 10.9 Å². The van der Waals surface area contributed by atoms with Crippen LogP contribution in [0.1, 0.15) is 53.7 Å². The molecule has 1 N–H and O–H groups in total. The van der Waals surface area contributed by atoms with Gasteiger partial charge in [0.1, 0.15) is 17.7 Å². The number of hydrogen-bond acceptors (Lipinski definition) is 4. The highest BCUT2D eigenvalue weighted by Gasteiger charge is 2.21. The number of amides is 1. The molecule has 1 amide bonds. The van der Waals surface area contributed by atoms with Crippen molar-refractivity contribution in [2.24, 2.45) is 7.05 Å². The second kappa shape index (κ2) is 6.76. The highest BCUT2D eigenvalue weighted by molar-refractivity contribution is 5.95. The molecule has 0 spiro atoms. The zero-order valence-corrected chi connectivity index (χ0v) is 14.3. The smallest absolute Gasteiger partial charge is 0.263 e. The van der Waals surface area contributed by atoms with E-state index in [-0.39, 0.29) is 23.1 Å². The number of pyridine rings is 1. The average molecular weight is 317 g/mol. The summed E-state index contributed by atoms with van der Waals surface area (Å²) in [4.78, 5) is 29.1. The lowest BCUT2D eigenvalue weighted by atomic mass is 10.1. The van der Waals surface area contributed by atoms with Crippen LogP contribution in [0.3, 0.4) is 0 Å². The first-order valence-electron chi connectivity index (χ1n) is 7.72. The lowest BCUT2D eigenvalue weighted by molar-refractivity contribution is 0.0934. The minimum absolute atomic E-state index is 0.173. The van der Waals surface area contributed by atoms with Crippen molar-refractivity contribution in [3.63, 3.8) is 0 Å². The Balaban J connectivity index is 2.27. The van der Waals surface area contributed by atoms with Crippen molar-refractivity contribution >= 4 is 5.91 Å². The van der Waals surface area contributed by atoms with Gasteiger partial charge in [-0.3, -0.25) is 9.59 Å². The second-order valence-electron chi connectivity index (χ2n) is 5.74. The Labute approximate surface area is 135 Å². The Morgan fingerprint density at radius 2 is 2.09 bits per heavy atom. The molecule has 7 nitrogen and oxygen atoms in total. The van der Waals surface area contributed by atoms with Crippen LogP contribution in [0.25, 0.3) is 0 Å². The van der Waals surface area contributed by atoms with Crippen molar-refractivity contribution < 1.29 is 4.79 Å². The molecule has 0 saturated carbocycles. The Bertz CT molecular complexity index is 775. The summed E-state index contributed by atoms with van der Waals surface area (Å²) in [5, 5.41) is 7.01. The quantitative estimate of drug-likeness (QED) is 0.906. The van der Waals surface area contributed by atoms with Crippen LogP contribution in [0.2, 0.25) is 0 Å². The van der Waals surface area contributed by atoms with E-state index in [0.29, 0.717) is 11.4 Å². The van der Waals surface area contributed by atoms with Gasteiger partial charge in [0.2, 0.25) is 0 Å². The van der Waals surface area contributed by atoms with E-state index in [4.69, 9.17) is 0 Å². The summed E-state index contributed by atoms with van der Waals surface area (Å²) in [6, 6.07) is 1.50. The predicted molar refractivity (Wildman–Crippen MR) is 87.4 cm³/mol. The van der Waals surface area contributed by atoms with Crippen molar-refractivity contribution in [3.05, 3.63) is 45.4 Å². The van der Waals surface area contributed by atoms with E-state index in [1.807, 2.05) is 26.8 Å². The number of nitrogens with zero attached hydrogens (tertiary/aromatic N) is 4. The highest BCUT2D eigenvalue weighted by atomic mass is 16.2. The van der Waals surface area contributed by atoms with Crippen molar-refractivity contribution in [2.45, 2.75) is 46.7 Å². The maximum Gasteiger partial charge on any atom is 0.263 e. The molecule has 2 rings (SSSR count). The predicted octanol–water partition coefficient (Wildman–Crippen LogP) is 1.49. The molecule has 124 valence electrons. The van der Waals surface area contributed by atoms with Gasteiger partial charge in [0.15, 0.2) is 0 Å². The number of rotatable bonds is 5. The van der Waals surface area contributed by atoms with Crippen LogP contribution in [-0.2, 0) is 13.6 Å². The van der Waals surface area contributed by atoms with Gasteiger partial charge in [-0.25, -0.2) is 9.67 Å². The minimum Gasteiger partial charge on any atom is -0.342 e. The van der Waals surface area contributed by atoms with Crippen LogP contribution in [0.5, 0.6) is 0 Å². The summed E-state index contributed by atoms with van der Waals surface area (Å²) < 4.78 is 3.25. The monoisotopic (exact) mass is 317 g/mol. The number of nitrogens with one attached hydrogen (secondary N) is 1. The van der Waals surface area contributed by atoms with Crippen LogP contribution in [0.15, 0.2) is 17.2 Å². The van der Waals surface area contributed by atoms with Gasteiger partial charge < -0.3 is 9.88 Å². The molecule has 0 aliphatic carbocycles. The zero-order valence-electron chi connectivity index (χ0n) is 14.3. The summed E-state index contributed by atoms with van der Waals surface area (Å²) >= 11 is 0. The first-order chi connectivity index (χ1) is 10.9. The Kier molecular flexibility index (Phi) is 4.98. The third kappa shape index (κ3) is 3.33. The fraction of sp³-hybridized carbons (Fsp3) is 0.500. The third-order valence-corrected chi connectivity index (χ3v) is 3.91. The number of aryl methyl sites for hydroxylation is 3. The molecule has 0 aliphatic rings. The maximum absolute atomic E-state index is 12.5. The first-order valence-corrected chi connectivity index (χ1v) is 7.72. The molecule has 2 aromatic heterocycles. The lowest BCUT2D eigenvalue weighted by Gasteiger charge is -2.16. The van der Waals surface area contributed by atoms with E-state index in [0.717, 1.165) is 18.7 Å². The average Bonchev–Trinajstić information content (AvgIpc) is 2.93. The molecule has 0 bridgehead atoms. The Morgan fingerprint density at radius 3 is 2.74 bits per heavy atom. The number of carbonyl (C=O) groups excluding carboxylic acids is 1. The molecule has 0 unspecified atom stereocenters. The van der Waals surface area contributed by atoms with Crippen LogP contribution in [-0.4, -0.2) is 25.2 Å². The molecule has 0 fully saturated rings. The van der Waals surface area contributed by atoms with Gasteiger partial charge in [-0.1, -0.05) is 6.92 Å². The molecule has 23 heavy (non-hydrogen) atoms. The fourth-order valence-electron chi connectivity index (χ4n) is 2.58. The Hall–Kier alpha value is -2.44. The maximum atomic E-state index is 12.5. The molecule has 2 aromatic rings. The van der Waals surface area contributed by atoms with Gasteiger partial charge in [-0.15, -0.1) is 0 Å². The normalized spacial score (nSPS) is 12.2. The van der Waals surface area contributed by atoms with Crippen LogP contribution >= 0.6 is 0 Å². The van der Waals surface area contributed by atoms with Gasteiger partial charge in [0.25, 0.3) is 11.5 Å². The lowest BCUT2D eigenvalue weighted by Crippen LogP contribution is -2.36. The van der Waals surface area contributed by atoms with Gasteiger partial charge in [0.05, 0.1) is 6.04 Å². The standard InChI is InChI=1S/C16H23N5O2/c1-6-7-21-14(17-9-18-21)12(4)19-15(22)13-10(2)8-11(3)20(5)16(13)23/h8-9,12H,6-7H2,1-5H3,(H,19,22)/t12-/m1/s1. The topological polar surface area (TPSA) is 81.8 Å². The summed E-state index contributed by atoms with van der Waals surface area (Å²) in [5.41, 5.74) is 1.37. The van der Waals surface area contributed by atoms with E-state index >= 15 is 0 Å². The summed E-state index contributed by atoms with van der Waals surface area (Å²) in [7, 11) is 1.66. The molecule has 7 heteroatoms. The van der Waals surface area contributed by atoms with E-state index in [2.05, 4.69) is 15.4 Å². The van der Waals surface area contributed by atoms with Crippen molar-refractivity contribution in [1.82, 2.24) is 24.6 Å². The molecular weight excluding hydrogens is 294 g/mol. The molecule has 1 atom stereocenters. The second-order valence-corrected chi connectivity index (χ2v) is 5.74. The summed E-state index contributed by atoms with van der Waals surface area (Å²) in [6.45, 7) is 8.23. The highest BCUT2D eigenvalue weighted by Crippen LogP contribution is 2.11. The SMILES string of the molecule is CCCn1ncnc1[C@@H](C)NC(=O)c1c(C)cc(C)n(C)c1=O.